The Kier molecular flexibility index (Phi) is 7.46. The number of hydrogen-bond acceptors (Lipinski definition) is 8. The number of nitrogens with one attached hydrogen (secondary N) is 2. The molecule has 4 heterocycles. The van der Waals surface area contributed by atoms with Crippen LogP contribution in [0.3, 0.4) is 0 Å². The summed E-state index contributed by atoms with van der Waals surface area (Å²) in [6, 6.07) is 7.32. The van der Waals surface area contributed by atoms with Crippen LogP contribution < -0.4 is 15.5 Å². The Balaban J connectivity index is 0.000000383. The number of carboxylic acids is 1. The normalized spacial score (nSPS) is 14.1. The number of rotatable bonds is 3. The molecule has 1 amide bonds. The lowest BCUT2D eigenvalue weighted by atomic mass is 10.3. The van der Waals surface area contributed by atoms with Gasteiger partial charge < -0.3 is 20.6 Å². The van der Waals surface area contributed by atoms with E-state index in [1.165, 1.54) is 11.3 Å². The molecule has 3 aromatic rings. The molecule has 0 atom stereocenters. The number of halogens is 3. The molecule has 0 bridgehead atoms. The van der Waals surface area contributed by atoms with Gasteiger partial charge >= 0.3 is 12.1 Å². The van der Waals surface area contributed by atoms with Crippen molar-refractivity contribution in [2.45, 2.75) is 12.6 Å². The minimum atomic E-state index is -5.08. The van der Waals surface area contributed by atoms with Crippen LogP contribution in [-0.4, -0.2) is 63.9 Å². The molecule has 33 heavy (non-hydrogen) atoms. The predicted octanol–water partition coefficient (Wildman–Crippen LogP) is 2.35. The number of carbonyl (C=O) groups excluding carboxylic acids is 1. The summed E-state index contributed by atoms with van der Waals surface area (Å²) in [5.74, 6) is -2.45. The van der Waals surface area contributed by atoms with Gasteiger partial charge in [-0.1, -0.05) is 0 Å². The van der Waals surface area contributed by atoms with Crippen molar-refractivity contribution in [1.29, 1.82) is 5.26 Å². The first kappa shape index (κ1) is 24.0. The van der Waals surface area contributed by atoms with E-state index in [1.807, 2.05) is 6.07 Å². The number of aromatic nitrogens is 3. The van der Waals surface area contributed by atoms with E-state index in [0.717, 1.165) is 38.1 Å². The van der Waals surface area contributed by atoms with Crippen LogP contribution in [0.2, 0.25) is 0 Å². The van der Waals surface area contributed by atoms with Gasteiger partial charge in [-0.2, -0.15) is 18.4 Å². The number of carboxylic acid groups (broad SMARTS) is 1. The summed E-state index contributed by atoms with van der Waals surface area (Å²) < 4.78 is 33.3. The van der Waals surface area contributed by atoms with Crippen molar-refractivity contribution in [3.8, 4) is 6.07 Å². The number of hydrogen-bond donors (Lipinski definition) is 3. The monoisotopic (exact) mass is 481 g/mol. The second kappa shape index (κ2) is 10.3. The molecule has 0 aromatic carbocycles. The number of aliphatic carboxylic acids is 1. The van der Waals surface area contributed by atoms with E-state index in [-0.39, 0.29) is 5.91 Å². The molecule has 1 saturated heterocycles. The summed E-state index contributed by atoms with van der Waals surface area (Å²) in [6.07, 6.45) is -2.34. The molecule has 0 aliphatic carbocycles. The summed E-state index contributed by atoms with van der Waals surface area (Å²) >= 11 is 1.29. The minimum absolute atomic E-state index is 0.304. The second-order valence-corrected chi connectivity index (χ2v) is 7.65. The van der Waals surface area contributed by atoms with Gasteiger partial charge in [0.25, 0.3) is 5.91 Å². The highest BCUT2D eigenvalue weighted by Crippen LogP contribution is 2.22. The minimum Gasteiger partial charge on any atom is -0.475 e. The summed E-state index contributed by atoms with van der Waals surface area (Å²) in [6.45, 7) is 3.57. The Morgan fingerprint density at radius 3 is 2.70 bits per heavy atom. The van der Waals surface area contributed by atoms with Crippen molar-refractivity contribution < 1.29 is 27.9 Å². The molecular weight excluding hydrogens is 463 g/mol. The van der Waals surface area contributed by atoms with Gasteiger partial charge in [-0.15, -0.1) is 16.4 Å². The number of alkyl halides is 3. The molecule has 4 rings (SSSR count). The average Bonchev–Trinajstić information content (AvgIpc) is 3.30. The van der Waals surface area contributed by atoms with Gasteiger partial charge in [0.05, 0.1) is 17.4 Å². The number of nitrogens with zero attached hydrogens (tertiary/aromatic N) is 5. The maximum Gasteiger partial charge on any atom is 0.490 e. The quantitative estimate of drug-likeness (QED) is 0.519. The zero-order valence-electron chi connectivity index (χ0n) is 17.0. The lowest BCUT2D eigenvalue weighted by Gasteiger charge is -2.19. The third-order valence-electron chi connectivity index (χ3n) is 4.50. The van der Waals surface area contributed by atoms with E-state index in [1.54, 1.807) is 28.2 Å². The van der Waals surface area contributed by atoms with Crippen LogP contribution in [0.15, 0.2) is 29.8 Å². The number of thiophene rings is 1. The molecule has 10 nitrogen and oxygen atoms in total. The third kappa shape index (κ3) is 5.96. The summed E-state index contributed by atoms with van der Waals surface area (Å²) in [5.41, 5.74) is 1.68. The van der Waals surface area contributed by atoms with Crippen molar-refractivity contribution in [3.63, 3.8) is 0 Å². The van der Waals surface area contributed by atoms with Crippen molar-refractivity contribution in [2.24, 2.45) is 0 Å². The SMILES string of the molecule is N#Cc1sccc1NC(=O)c1ccc2cnc(N3CCCNCC3)nn12.O=C(O)C(F)(F)F. The van der Waals surface area contributed by atoms with Crippen molar-refractivity contribution in [1.82, 2.24) is 19.9 Å². The molecule has 0 unspecified atom stereocenters. The van der Waals surface area contributed by atoms with Crippen LogP contribution in [0.25, 0.3) is 5.52 Å². The van der Waals surface area contributed by atoms with Crippen molar-refractivity contribution in [3.05, 3.63) is 40.3 Å². The fourth-order valence-corrected chi connectivity index (χ4v) is 3.58. The molecule has 0 spiro atoms. The molecule has 3 N–H and O–H groups in total. The Labute approximate surface area is 189 Å². The van der Waals surface area contributed by atoms with E-state index in [0.29, 0.717) is 22.2 Å². The zero-order valence-corrected chi connectivity index (χ0v) is 17.8. The van der Waals surface area contributed by atoms with Crippen LogP contribution in [0.1, 0.15) is 21.8 Å². The van der Waals surface area contributed by atoms with Gasteiger partial charge in [0.15, 0.2) is 0 Å². The molecule has 3 aromatic heterocycles. The van der Waals surface area contributed by atoms with Crippen molar-refractivity contribution in [2.75, 3.05) is 36.4 Å². The van der Waals surface area contributed by atoms with E-state index in [9.17, 15) is 18.0 Å². The number of carbonyl (C=O) groups is 2. The Morgan fingerprint density at radius 1 is 1.24 bits per heavy atom. The predicted molar refractivity (Wildman–Crippen MR) is 113 cm³/mol. The highest BCUT2D eigenvalue weighted by Gasteiger charge is 2.38. The number of nitriles is 1. The number of anilines is 2. The van der Waals surface area contributed by atoms with E-state index >= 15 is 0 Å². The van der Waals surface area contributed by atoms with E-state index < -0.39 is 12.1 Å². The average molecular weight is 481 g/mol. The van der Waals surface area contributed by atoms with Crippen molar-refractivity contribution >= 4 is 40.4 Å². The molecule has 1 fully saturated rings. The molecule has 174 valence electrons. The van der Waals surface area contributed by atoms with Gasteiger partial charge in [0, 0.05) is 19.6 Å². The van der Waals surface area contributed by atoms with Crippen LogP contribution in [0, 0.1) is 11.3 Å². The second-order valence-electron chi connectivity index (χ2n) is 6.74. The van der Waals surface area contributed by atoms with Gasteiger partial charge in [0.2, 0.25) is 5.95 Å². The van der Waals surface area contributed by atoms with Crippen LogP contribution in [0.4, 0.5) is 24.8 Å². The fraction of sp³-hybridized carbons (Fsp3) is 0.316. The molecule has 1 aliphatic heterocycles. The Bertz CT molecular complexity index is 1180. The van der Waals surface area contributed by atoms with Crippen LogP contribution in [0.5, 0.6) is 0 Å². The lowest BCUT2D eigenvalue weighted by Crippen LogP contribution is -2.30. The molecule has 0 saturated carbocycles. The number of amides is 1. The van der Waals surface area contributed by atoms with E-state index in [4.69, 9.17) is 15.2 Å². The van der Waals surface area contributed by atoms with Gasteiger partial charge in [-0.05, 0) is 36.5 Å². The standard InChI is InChI=1S/C17H17N7OS.C2HF3O2/c18-10-15-13(4-9-26-15)21-16(25)14-3-2-12-11-20-17(22-24(12)14)23-7-1-5-19-6-8-23;3-2(4,5)1(6)7/h2-4,9,11,19H,1,5-8H2,(H,21,25);(H,6,7). The van der Waals surface area contributed by atoms with Gasteiger partial charge in [0.1, 0.15) is 16.6 Å². The summed E-state index contributed by atoms with van der Waals surface area (Å²) in [4.78, 5) is 28.6. The Hall–Kier alpha value is -3.70. The highest BCUT2D eigenvalue weighted by atomic mass is 32.1. The first-order chi connectivity index (χ1) is 15.7. The maximum absolute atomic E-state index is 12.7. The fourth-order valence-electron chi connectivity index (χ4n) is 2.94. The summed E-state index contributed by atoms with van der Waals surface area (Å²) in [5, 5.41) is 28.7. The third-order valence-corrected chi connectivity index (χ3v) is 5.32. The molecular formula is C19H18F3N7O3S. The topological polar surface area (TPSA) is 136 Å². The Morgan fingerprint density at radius 2 is 2.00 bits per heavy atom. The van der Waals surface area contributed by atoms with Gasteiger partial charge in [-0.3, -0.25) is 4.79 Å². The zero-order chi connectivity index (χ0) is 24.0. The molecule has 1 aliphatic rings. The van der Waals surface area contributed by atoms with E-state index in [2.05, 4.69) is 31.7 Å². The molecule has 0 radical (unpaired) electrons. The lowest BCUT2D eigenvalue weighted by molar-refractivity contribution is -0.192. The first-order valence-corrected chi connectivity index (χ1v) is 10.5. The largest absolute Gasteiger partial charge is 0.490 e. The van der Waals surface area contributed by atoms with Crippen LogP contribution in [-0.2, 0) is 4.79 Å². The maximum atomic E-state index is 12.7. The number of fused-ring (bicyclic) bond motifs is 1. The highest BCUT2D eigenvalue weighted by molar-refractivity contribution is 7.11. The summed E-state index contributed by atoms with van der Waals surface area (Å²) in [7, 11) is 0. The van der Waals surface area contributed by atoms with Crippen LogP contribution >= 0.6 is 11.3 Å². The van der Waals surface area contributed by atoms with Gasteiger partial charge in [-0.25, -0.2) is 14.3 Å². The first-order valence-electron chi connectivity index (χ1n) is 9.60. The smallest absolute Gasteiger partial charge is 0.475 e. The molecule has 14 heteroatoms.